The van der Waals surface area contributed by atoms with Crippen LogP contribution in [-0.4, -0.2) is 57.3 Å². The second kappa shape index (κ2) is 13.7. The minimum absolute atomic E-state index is 0.0835. The van der Waals surface area contributed by atoms with Gasteiger partial charge in [0.25, 0.3) is 5.91 Å². The molecule has 10 heteroatoms. The molecule has 2 aromatic carbocycles. The maximum Gasteiger partial charge on any atom is 0.266 e. The van der Waals surface area contributed by atoms with Crippen LogP contribution >= 0.6 is 24.0 Å². The fourth-order valence-electron chi connectivity index (χ4n) is 5.46. The summed E-state index contributed by atoms with van der Waals surface area (Å²) in [5.41, 5.74) is 2.87. The van der Waals surface area contributed by atoms with Crippen molar-refractivity contribution in [3.05, 3.63) is 71.3 Å². The molecule has 1 atom stereocenters. The SMILES string of the molecule is CCCCC(CC)CN1C(=O)/C(=C/c2cn(-c3ccccc3)nc2-c2cccc(S(=O)(=O)N3CCCCC3)c2)SC1=S. The zero-order chi connectivity index (χ0) is 29.7. The smallest absolute Gasteiger partial charge is 0.266 e. The summed E-state index contributed by atoms with van der Waals surface area (Å²) in [5, 5.41) is 4.88. The Morgan fingerprint density at radius 3 is 2.52 bits per heavy atom. The van der Waals surface area contributed by atoms with Crippen LogP contribution in [0.5, 0.6) is 0 Å². The highest BCUT2D eigenvalue weighted by atomic mass is 32.2. The molecule has 2 aliphatic heterocycles. The lowest BCUT2D eigenvalue weighted by molar-refractivity contribution is -0.122. The van der Waals surface area contributed by atoms with Crippen molar-refractivity contribution in [1.82, 2.24) is 19.0 Å². The monoisotopic (exact) mass is 622 g/mol. The van der Waals surface area contributed by atoms with Gasteiger partial charge in [0.05, 0.1) is 15.5 Å². The van der Waals surface area contributed by atoms with Crippen molar-refractivity contribution in [2.75, 3.05) is 19.6 Å². The van der Waals surface area contributed by atoms with E-state index in [1.165, 1.54) is 11.8 Å². The Morgan fingerprint density at radius 2 is 1.81 bits per heavy atom. The summed E-state index contributed by atoms with van der Waals surface area (Å²) in [5.74, 6) is 0.326. The lowest BCUT2D eigenvalue weighted by Crippen LogP contribution is -2.35. The second-order valence-corrected chi connectivity index (χ2v) is 14.5. The Hall–Kier alpha value is -2.79. The summed E-state index contributed by atoms with van der Waals surface area (Å²) in [6.07, 6.45) is 10.9. The van der Waals surface area contributed by atoms with E-state index >= 15 is 0 Å². The number of unbranched alkanes of at least 4 members (excludes halogenated alkanes) is 1. The molecule has 2 aliphatic rings. The van der Waals surface area contributed by atoms with Crippen LogP contribution in [-0.2, 0) is 14.8 Å². The van der Waals surface area contributed by atoms with Gasteiger partial charge in [0.15, 0.2) is 0 Å². The van der Waals surface area contributed by atoms with Crippen LogP contribution in [0.4, 0.5) is 0 Å². The van der Waals surface area contributed by atoms with Gasteiger partial charge in [-0.2, -0.15) is 9.40 Å². The molecule has 0 radical (unpaired) electrons. The number of carbonyl (C=O) groups excluding carboxylic acids is 1. The number of sulfonamides is 1. The molecule has 3 heterocycles. The number of piperidine rings is 1. The van der Waals surface area contributed by atoms with Crippen LogP contribution < -0.4 is 0 Å². The van der Waals surface area contributed by atoms with Crippen molar-refractivity contribution in [2.24, 2.45) is 5.92 Å². The molecule has 0 aliphatic carbocycles. The summed E-state index contributed by atoms with van der Waals surface area (Å²) in [6.45, 7) is 6.06. The Bertz CT molecular complexity index is 1560. The van der Waals surface area contributed by atoms with Gasteiger partial charge in [-0.3, -0.25) is 9.69 Å². The van der Waals surface area contributed by atoms with Crippen LogP contribution in [0.15, 0.2) is 70.6 Å². The lowest BCUT2D eigenvalue weighted by atomic mass is 9.99. The van der Waals surface area contributed by atoms with Crippen molar-refractivity contribution in [3.8, 4) is 16.9 Å². The van der Waals surface area contributed by atoms with E-state index in [0.29, 0.717) is 46.0 Å². The molecule has 222 valence electrons. The number of thiocarbonyl (C=S) groups is 1. The van der Waals surface area contributed by atoms with Crippen molar-refractivity contribution in [1.29, 1.82) is 0 Å². The molecule has 0 N–H and O–H groups in total. The van der Waals surface area contributed by atoms with Crippen molar-refractivity contribution >= 4 is 50.3 Å². The maximum absolute atomic E-state index is 13.6. The molecule has 0 spiro atoms. The molecule has 1 amide bonds. The van der Waals surface area contributed by atoms with Crippen LogP contribution in [0.2, 0.25) is 0 Å². The number of rotatable bonds is 11. The van der Waals surface area contributed by atoms with Crippen molar-refractivity contribution in [2.45, 2.75) is 63.7 Å². The van der Waals surface area contributed by atoms with Gasteiger partial charge in [-0.1, -0.05) is 93.8 Å². The molecule has 5 rings (SSSR count). The lowest BCUT2D eigenvalue weighted by Gasteiger charge is -2.26. The predicted molar refractivity (Wildman–Crippen MR) is 175 cm³/mol. The van der Waals surface area contributed by atoms with E-state index < -0.39 is 10.0 Å². The molecule has 42 heavy (non-hydrogen) atoms. The first-order valence-corrected chi connectivity index (χ1v) is 17.5. The fraction of sp³-hybridized carbons (Fsp3) is 0.406. The number of amides is 1. The van der Waals surface area contributed by atoms with E-state index in [4.69, 9.17) is 17.3 Å². The Labute approximate surface area is 259 Å². The van der Waals surface area contributed by atoms with Gasteiger partial charge in [-0.05, 0) is 55.5 Å². The summed E-state index contributed by atoms with van der Waals surface area (Å²) in [6, 6.07) is 16.7. The average molecular weight is 623 g/mol. The minimum Gasteiger partial charge on any atom is -0.293 e. The minimum atomic E-state index is -3.62. The third kappa shape index (κ3) is 6.72. The Kier molecular flexibility index (Phi) is 9.98. The number of nitrogens with zero attached hydrogens (tertiary/aromatic N) is 4. The van der Waals surface area contributed by atoms with Gasteiger partial charge < -0.3 is 0 Å². The highest BCUT2D eigenvalue weighted by Gasteiger charge is 2.34. The molecule has 3 aromatic rings. The van der Waals surface area contributed by atoms with Crippen LogP contribution in [0, 0.1) is 5.92 Å². The number of hydrogen-bond acceptors (Lipinski definition) is 6. The standard InChI is InChI=1S/C32H38N4O3S3/c1-3-5-13-24(4-2)22-35-31(37)29(41-32(35)40)21-26-23-36(27-15-8-6-9-16-27)33-30(26)25-14-12-17-28(20-25)42(38,39)34-18-10-7-11-19-34/h6,8-9,12,14-17,20-21,23-24H,3-5,7,10-11,13,18-19,22H2,1-2H3/b29-21-. The topological polar surface area (TPSA) is 75.5 Å². The third-order valence-corrected chi connectivity index (χ3v) is 11.2. The Morgan fingerprint density at radius 1 is 1.05 bits per heavy atom. The summed E-state index contributed by atoms with van der Waals surface area (Å²) >= 11 is 6.97. The summed E-state index contributed by atoms with van der Waals surface area (Å²) in [4.78, 5) is 16.1. The summed E-state index contributed by atoms with van der Waals surface area (Å²) < 4.78 is 30.9. The molecule has 0 saturated carbocycles. The molecule has 1 aromatic heterocycles. The molecule has 2 saturated heterocycles. The zero-order valence-electron chi connectivity index (χ0n) is 24.2. The largest absolute Gasteiger partial charge is 0.293 e. The molecule has 2 fully saturated rings. The fourth-order valence-corrected chi connectivity index (χ4v) is 8.29. The molecular weight excluding hydrogens is 585 g/mol. The van der Waals surface area contributed by atoms with Gasteiger partial charge in [-0.15, -0.1) is 0 Å². The van der Waals surface area contributed by atoms with Crippen LogP contribution in [0.25, 0.3) is 23.0 Å². The van der Waals surface area contributed by atoms with E-state index in [1.54, 1.807) is 32.1 Å². The molecule has 1 unspecified atom stereocenters. The van der Waals surface area contributed by atoms with E-state index in [-0.39, 0.29) is 10.8 Å². The van der Waals surface area contributed by atoms with E-state index in [0.717, 1.165) is 56.2 Å². The van der Waals surface area contributed by atoms with Crippen molar-refractivity contribution < 1.29 is 13.2 Å². The molecule has 7 nitrogen and oxygen atoms in total. The normalized spacial score (nSPS) is 18.2. The third-order valence-electron chi connectivity index (χ3n) is 7.97. The maximum atomic E-state index is 13.6. The first-order valence-electron chi connectivity index (χ1n) is 14.8. The van der Waals surface area contributed by atoms with E-state index in [9.17, 15) is 13.2 Å². The van der Waals surface area contributed by atoms with Gasteiger partial charge in [0, 0.05) is 37.0 Å². The number of carbonyl (C=O) groups is 1. The number of aromatic nitrogens is 2. The number of para-hydroxylation sites is 1. The highest BCUT2D eigenvalue weighted by Crippen LogP contribution is 2.36. The molecular formula is C32H38N4O3S3. The van der Waals surface area contributed by atoms with Gasteiger partial charge in [0.1, 0.15) is 10.0 Å². The van der Waals surface area contributed by atoms with E-state index in [2.05, 4.69) is 13.8 Å². The average Bonchev–Trinajstić information content (AvgIpc) is 3.56. The number of hydrogen-bond donors (Lipinski definition) is 0. The first kappa shape index (κ1) is 30.7. The van der Waals surface area contributed by atoms with Gasteiger partial charge >= 0.3 is 0 Å². The number of thioether (sulfide) groups is 1. The summed E-state index contributed by atoms with van der Waals surface area (Å²) in [7, 11) is -3.62. The van der Waals surface area contributed by atoms with Crippen LogP contribution in [0.3, 0.4) is 0 Å². The predicted octanol–water partition coefficient (Wildman–Crippen LogP) is 7.13. The van der Waals surface area contributed by atoms with Crippen LogP contribution in [0.1, 0.15) is 64.4 Å². The van der Waals surface area contributed by atoms with E-state index in [1.807, 2.05) is 48.7 Å². The Balaban J connectivity index is 1.51. The second-order valence-electron chi connectivity index (χ2n) is 10.9. The zero-order valence-corrected chi connectivity index (χ0v) is 26.7. The van der Waals surface area contributed by atoms with Gasteiger partial charge in [0.2, 0.25) is 10.0 Å². The molecule has 0 bridgehead atoms. The highest BCUT2D eigenvalue weighted by molar-refractivity contribution is 8.26. The first-order chi connectivity index (χ1) is 20.3. The van der Waals surface area contributed by atoms with Crippen molar-refractivity contribution in [3.63, 3.8) is 0 Å². The quantitative estimate of drug-likeness (QED) is 0.167. The van der Waals surface area contributed by atoms with Gasteiger partial charge in [-0.25, -0.2) is 13.1 Å². The number of benzene rings is 2.